The molecule has 0 amide bonds. The molecule has 3 heteroatoms. The molecule has 0 fully saturated rings. The molecule has 0 aliphatic carbocycles. The first-order chi connectivity index (χ1) is 21.8. The van der Waals surface area contributed by atoms with Gasteiger partial charge in [-0.15, -0.1) is 0 Å². The molecule has 9 rings (SSSR count). The highest BCUT2D eigenvalue weighted by atomic mass is 16.5. The van der Waals surface area contributed by atoms with E-state index in [4.69, 9.17) is 9.15 Å². The maximum Gasteiger partial charge on any atom is 0.134 e. The standard InChI is InChI=1S/C41H27NO2/c1-43-30-18-16-27(17-19-30)41-35-24-38-34(31-14-8-9-15-37(31)42(38)29-12-6-3-7-13-29)23-33(35)32-22-28-20-21-44-39(28)25-36(32)40(41)26-10-4-2-5-11-26/h2-25H,1H3. The molecule has 0 aliphatic rings. The third-order valence-electron chi connectivity index (χ3n) is 8.94. The highest BCUT2D eigenvalue weighted by molar-refractivity contribution is 6.27. The molecule has 0 N–H and O–H groups in total. The first-order valence-electron chi connectivity index (χ1n) is 14.9. The van der Waals surface area contributed by atoms with Crippen molar-refractivity contribution in [3.63, 3.8) is 0 Å². The lowest BCUT2D eigenvalue weighted by molar-refractivity contribution is 0.415. The number of methoxy groups -OCH3 is 1. The van der Waals surface area contributed by atoms with Gasteiger partial charge in [-0.1, -0.05) is 78.9 Å². The molecule has 9 aromatic rings. The molecule has 0 saturated heterocycles. The van der Waals surface area contributed by atoms with Crippen LogP contribution >= 0.6 is 0 Å². The molecule has 0 atom stereocenters. The Labute approximate surface area is 254 Å². The van der Waals surface area contributed by atoms with E-state index in [2.05, 4.69) is 144 Å². The minimum absolute atomic E-state index is 0.837. The van der Waals surface area contributed by atoms with Crippen LogP contribution in [-0.2, 0) is 0 Å². The Kier molecular flexibility index (Phi) is 5.41. The van der Waals surface area contributed by atoms with Crippen LogP contribution in [0.1, 0.15) is 0 Å². The largest absolute Gasteiger partial charge is 0.497 e. The Morgan fingerprint density at radius 2 is 1.16 bits per heavy atom. The van der Waals surface area contributed by atoms with Crippen LogP contribution < -0.4 is 4.74 Å². The van der Waals surface area contributed by atoms with Gasteiger partial charge in [0.1, 0.15) is 11.3 Å². The Morgan fingerprint density at radius 3 is 1.93 bits per heavy atom. The molecular formula is C41H27NO2. The summed E-state index contributed by atoms with van der Waals surface area (Å²) in [5, 5.41) is 8.38. The summed E-state index contributed by atoms with van der Waals surface area (Å²) in [6.45, 7) is 0. The number of hydrogen-bond acceptors (Lipinski definition) is 2. The zero-order valence-electron chi connectivity index (χ0n) is 24.1. The van der Waals surface area contributed by atoms with Gasteiger partial charge in [0.15, 0.2) is 0 Å². The first-order valence-corrected chi connectivity index (χ1v) is 14.9. The lowest BCUT2D eigenvalue weighted by atomic mass is 9.84. The molecule has 2 aromatic heterocycles. The van der Waals surface area contributed by atoms with E-state index in [-0.39, 0.29) is 0 Å². The van der Waals surface area contributed by atoms with Crippen LogP contribution in [0.3, 0.4) is 0 Å². The topological polar surface area (TPSA) is 27.3 Å². The van der Waals surface area contributed by atoms with Crippen molar-refractivity contribution < 1.29 is 9.15 Å². The van der Waals surface area contributed by atoms with Crippen molar-refractivity contribution in [3.8, 4) is 33.7 Å². The first kappa shape index (κ1) is 24.8. The van der Waals surface area contributed by atoms with E-state index in [1.807, 2.05) is 0 Å². The van der Waals surface area contributed by atoms with Gasteiger partial charge in [-0.2, -0.15) is 0 Å². The number of para-hydroxylation sites is 2. The maximum atomic E-state index is 5.97. The molecule has 0 bridgehead atoms. The Morgan fingerprint density at radius 1 is 0.500 bits per heavy atom. The van der Waals surface area contributed by atoms with E-state index >= 15 is 0 Å². The van der Waals surface area contributed by atoms with E-state index in [0.29, 0.717) is 0 Å². The van der Waals surface area contributed by atoms with E-state index in [9.17, 15) is 0 Å². The van der Waals surface area contributed by atoms with Crippen LogP contribution in [0, 0.1) is 0 Å². The molecule has 0 radical (unpaired) electrons. The van der Waals surface area contributed by atoms with Crippen molar-refractivity contribution >= 4 is 54.3 Å². The van der Waals surface area contributed by atoms with Crippen LogP contribution in [0.2, 0.25) is 0 Å². The molecule has 0 aliphatic heterocycles. The van der Waals surface area contributed by atoms with Crippen LogP contribution in [0.25, 0.3) is 82.3 Å². The molecular weight excluding hydrogens is 538 g/mol. The van der Waals surface area contributed by atoms with Crippen LogP contribution in [0.15, 0.2) is 150 Å². The lowest BCUT2D eigenvalue weighted by Gasteiger charge is -2.19. The van der Waals surface area contributed by atoms with Gasteiger partial charge in [-0.3, -0.25) is 0 Å². The third kappa shape index (κ3) is 3.63. The zero-order chi connectivity index (χ0) is 29.2. The number of rotatable bonds is 4. The number of nitrogens with zero attached hydrogens (tertiary/aromatic N) is 1. The fourth-order valence-corrected chi connectivity index (χ4v) is 6.97. The van der Waals surface area contributed by atoms with Gasteiger partial charge in [0.05, 0.1) is 24.4 Å². The van der Waals surface area contributed by atoms with E-state index in [1.54, 1.807) is 13.4 Å². The van der Waals surface area contributed by atoms with Gasteiger partial charge in [-0.25, -0.2) is 0 Å². The number of hydrogen-bond donors (Lipinski definition) is 0. The average molecular weight is 566 g/mol. The summed E-state index contributed by atoms with van der Waals surface area (Å²) in [5.41, 5.74) is 9.10. The molecule has 44 heavy (non-hydrogen) atoms. The summed E-state index contributed by atoms with van der Waals surface area (Å²) in [7, 11) is 1.71. The van der Waals surface area contributed by atoms with E-state index in [1.165, 1.54) is 60.0 Å². The summed E-state index contributed by atoms with van der Waals surface area (Å²) < 4.78 is 13.9. The summed E-state index contributed by atoms with van der Waals surface area (Å²) in [5.74, 6) is 0.837. The second-order valence-corrected chi connectivity index (χ2v) is 11.3. The van der Waals surface area contributed by atoms with Gasteiger partial charge in [0.2, 0.25) is 0 Å². The normalized spacial score (nSPS) is 11.8. The summed E-state index contributed by atoms with van der Waals surface area (Å²) in [6, 6.07) is 49.9. The lowest BCUT2D eigenvalue weighted by Crippen LogP contribution is -1.95. The molecule has 208 valence electrons. The second-order valence-electron chi connectivity index (χ2n) is 11.3. The predicted octanol–water partition coefficient (Wildman–Crippen LogP) is 11.2. The fraction of sp³-hybridized carbons (Fsp3) is 0.0244. The quantitative estimate of drug-likeness (QED) is 0.199. The van der Waals surface area contributed by atoms with Gasteiger partial charge in [0.25, 0.3) is 0 Å². The van der Waals surface area contributed by atoms with Crippen molar-refractivity contribution in [1.82, 2.24) is 4.57 Å². The Hall–Kier alpha value is -5.80. The average Bonchev–Trinajstić information content (AvgIpc) is 3.68. The highest BCUT2D eigenvalue weighted by Crippen LogP contribution is 2.48. The highest BCUT2D eigenvalue weighted by Gasteiger charge is 2.22. The number of aromatic nitrogens is 1. The summed E-state index contributed by atoms with van der Waals surface area (Å²) in [4.78, 5) is 0. The molecule has 0 unspecified atom stereocenters. The Bertz CT molecular complexity index is 2500. The van der Waals surface area contributed by atoms with Crippen LogP contribution in [-0.4, -0.2) is 11.7 Å². The third-order valence-corrected chi connectivity index (χ3v) is 8.94. The molecule has 0 saturated carbocycles. The van der Waals surface area contributed by atoms with Crippen molar-refractivity contribution in [3.05, 3.63) is 146 Å². The van der Waals surface area contributed by atoms with Gasteiger partial charge >= 0.3 is 0 Å². The fourth-order valence-electron chi connectivity index (χ4n) is 6.97. The van der Waals surface area contributed by atoms with Crippen molar-refractivity contribution in [2.45, 2.75) is 0 Å². The zero-order valence-corrected chi connectivity index (χ0v) is 24.1. The summed E-state index contributed by atoms with van der Waals surface area (Å²) in [6.07, 6.45) is 1.78. The van der Waals surface area contributed by atoms with Crippen LogP contribution in [0.5, 0.6) is 5.75 Å². The molecule has 0 spiro atoms. The second kappa shape index (κ2) is 9.62. The Balaban J connectivity index is 1.54. The van der Waals surface area contributed by atoms with Crippen molar-refractivity contribution in [2.75, 3.05) is 7.11 Å². The van der Waals surface area contributed by atoms with Gasteiger partial charge in [-0.05, 0) is 104 Å². The van der Waals surface area contributed by atoms with E-state index in [0.717, 1.165) is 28.0 Å². The number of furan rings is 1. The molecule has 7 aromatic carbocycles. The monoisotopic (exact) mass is 565 g/mol. The maximum absolute atomic E-state index is 5.97. The van der Waals surface area contributed by atoms with Gasteiger partial charge in [0, 0.05) is 21.8 Å². The predicted molar refractivity (Wildman–Crippen MR) is 183 cm³/mol. The van der Waals surface area contributed by atoms with Crippen molar-refractivity contribution in [2.24, 2.45) is 0 Å². The molecule has 3 nitrogen and oxygen atoms in total. The molecule has 2 heterocycles. The van der Waals surface area contributed by atoms with Gasteiger partial charge < -0.3 is 13.7 Å². The number of benzene rings is 7. The summed E-state index contributed by atoms with van der Waals surface area (Å²) >= 11 is 0. The van der Waals surface area contributed by atoms with Crippen LogP contribution in [0.4, 0.5) is 0 Å². The minimum atomic E-state index is 0.837. The SMILES string of the molecule is COc1ccc(-c2c(-c3ccccc3)c3cc4occc4cc3c3cc4c5ccccc5n(-c5ccccc5)c4cc23)cc1. The van der Waals surface area contributed by atoms with Crippen molar-refractivity contribution in [1.29, 1.82) is 0 Å². The number of ether oxygens (including phenoxy) is 1. The number of fused-ring (bicyclic) bond motifs is 7. The minimum Gasteiger partial charge on any atom is -0.497 e. The van der Waals surface area contributed by atoms with E-state index < -0.39 is 0 Å². The smallest absolute Gasteiger partial charge is 0.134 e.